The number of hydrogen-bond acceptors (Lipinski definition) is 4. The Hall–Kier alpha value is -1.50. The van der Waals surface area contributed by atoms with Gasteiger partial charge in [-0.15, -0.1) is 11.3 Å². The fourth-order valence-corrected chi connectivity index (χ4v) is 3.29. The summed E-state index contributed by atoms with van der Waals surface area (Å²) >= 11 is 6.48. The van der Waals surface area contributed by atoms with Gasteiger partial charge >= 0.3 is 0 Å². The quantitative estimate of drug-likeness (QED) is 0.717. The molecular weight excluding hydrogens is 304 g/mol. The van der Waals surface area contributed by atoms with Crippen molar-refractivity contribution in [2.45, 2.75) is 25.9 Å². The molecule has 0 radical (unpaired) electrons. The third-order valence-corrected chi connectivity index (χ3v) is 4.51. The van der Waals surface area contributed by atoms with Crippen LogP contribution in [-0.2, 0) is 11.2 Å². The van der Waals surface area contributed by atoms with Crippen molar-refractivity contribution in [3.05, 3.63) is 50.4 Å². The molecule has 2 aromatic rings. The number of aromatic amines is 1. The van der Waals surface area contributed by atoms with Crippen molar-refractivity contribution in [2.24, 2.45) is 0 Å². The lowest BCUT2D eigenvalue weighted by Gasteiger charge is -2.11. The second-order valence-corrected chi connectivity index (χ2v) is 6.58. The van der Waals surface area contributed by atoms with Crippen LogP contribution in [0.25, 0.3) is 0 Å². The number of carbonyl (C=O) groups is 1. The molecule has 21 heavy (non-hydrogen) atoms. The molecular formula is C15H18N2O2S2. The van der Waals surface area contributed by atoms with Gasteiger partial charge in [0.05, 0.1) is 12.5 Å². The van der Waals surface area contributed by atoms with Gasteiger partial charge in [0, 0.05) is 17.1 Å². The number of thiazole rings is 1. The highest BCUT2D eigenvalue weighted by molar-refractivity contribution is 7.73. The number of benzene rings is 1. The van der Waals surface area contributed by atoms with E-state index in [0.29, 0.717) is 23.3 Å². The van der Waals surface area contributed by atoms with Gasteiger partial charge in [-0.1, -0.05) is 30.3 Å². The van der Waals surface area contributed by atoms with Gasteiger partial charge in [-0.25, -0.2) is 0 Å². The Balaban J connectivity index is 1.77. The monoisotopic (exact) mass is 322 g/mol. The van der Waals surface area contributed by atoms with Crippen LogP contribution in [0.1, 0.15) is 28.7 Å². The minimum Gasteiger partial charge on any atom is -0.388 e. The smallest absolute Gasteiger partial charge is 0.225 e. The largest absolute Gasteiger partial charge is 0.388 e. The van der Waals surface area contributed by atoms with Crippen LogP contribution in [0.3, 0.4) is 0 Å². The van der Waals surface area contributed by atoms with Gasteiger partial charge in [0.1, 0.15) is 0 Å². The maximum Gasteiger partial charge on any atom is 0.225 e. The molecule has 6 heteroatoms. The summed E-state index contributed by atoms with van der Waals surface area (Å²) in [7, 11) is 0. The number of nitrogens with one attached hydrogen (secondary N) is 2. The van der Waals surface area contributed by atoms with E-state index in [1.165, 1.54) is 11.3 Å². The Morgan fingerprint density at radius 1 is 1.43 bits per heavy atom. The minimum absolute atomic E-state index is 0.0522. The lowest BCUT2D eigenvalue weighted by molar-refractivity contribution is -0.120. The lowest BCUT2D eigenvalue weighted by Crippen LogP contribution is -2.27. The molecule has 4 nitrogen and oxygen atoms in total. The Morgan fingerprint density at radius 2 is 2.14 bits per heavy atom. The Labute approximate surface area is 132 Å². The Morgan fingerprint density at radius 3 is 2.76 bits per heavy atom. The predicted molar refractivity (Wildman–Crippen MR) is 87.0 cm³/mol. The summed E-state index contributed by atoms with van der Waals surface area (Å²) in [6.45, 7) is 2.36. The fraction of sp³-hybridized carbons (Fsp3) is 0.333. The summed E-state index contributed by atoms with van der Waals surface area (Å²) in [4.78, 5) is 15.8. The van der Waals surface area contributed by atoms with Crippen LogP contribution in [0.5, 0.6) is 0 Å². The molecule has 1 heterocycles. The number of aromatic nitrogens is 1. The Kier molecular flexibility index (Phi) is 5.67. The number of carbonyl (C=O) groups excluding carboxylic acids is 1. The van der Waals surface area contributed by atoms with Crippen LogP contribution in [0.2, 0.25) is 0 Å². The number of rotatable bonds is 6. The Bertz CT molecular complexity index is 649. The zero-order valence-electron chi connectivity index (χ0n) is 11.8. The first kappa shape index (κ1) is 15.9. The second kappa shape index (κ2) is 7.49. The second-order valence-electron chi connectivity index (χ2n) is 4.80. The van der Waals surface area contributed by atoms with Crippen LogP contribution in [0, 0.1) is 10.9 Å². The first-order chi connectivity index (χ1) is 10.1. The standard InChI is InChI=1S/C15H18N2O2S2/c1-10-13(21-15(20)17-10)9-14(19)16-8-7-12(18)11-5-3-2-4-6-11/h2-6,12,18H,7-9H2,1H3,(H,16,19)(H,17,20)/t12-/m1/s1. The van der Waals surface area contributed by atoms with Gasteiger partial charge in [-0.05, 0) is 31.1 Å². The van der Waals surface area contributed by atoms with Crippen LogP contribution in [-0.4, -0.2) is 22.5 Å². The molecule has 0 saturated carbocycles. The van der Waals surface area contributed by atoms with Gasteiger partial charge in [0.15, 0.2) is 3.95 Å². The highest BCUT2D eigenvalue weighted by atomic mass is 32.1. The van der Waals surface area contributed by atoms with Crippen LogP contribution < -0.4 is 5.32 Å². The molecule has 3 N–H and O–H groups in total. The van der Waals surface area contributed by atoms with E-state index in [9.17, 15) is 9.90 Å². The topological polar surface area (TPSA) is 65.1 Å². The normalized spacial score (nSPS) is 12.1. The zero-order chi connectivity index (χ0) is 15.2. The maximum atomic E-state index is 11.9. The number of amides is 1. The predicted octanol–water partition coefficient (Wildman–Crippen LogP) is 2.90. The van der Waals surface area contributed by atoms with E-state index in [1.54, 1.807) is 0 Å². The molecule has 0 unspecified atom stereocenters. The van der Waals surface area contributed by atoms with Crippen molar-refractivity contribution in [1.82, 2.24) is 10.3 Å². The highest BCUT2D eigenvalue weighted by Crippen LogP contribution is 2.16. The van der Waals surface area contributed by atoms with Crippen molar-refractivity contribution in [2.75, 3.05) is 6.54 Å². The highest BCUT2D eigenvalue weighted by Gasteiger charge is 2.10. The first-order valence-electron chi connectivity index (χ1n) is 6.74. The van der Waals surface area contributed by atoms with Gasteiger partial charge < -0.3 is 15.4 Å². The summed E-state index contributed by atoms with van der Waals surface area (Å²) < 4.78 is 0.690. The van der Waals surface area contributed by atoms with Gasteiger partial charge in [-0.3, -0.25) is 4.79 Å². The van der Waals surface area contributed by atoms with Crippen LogP contribution in [0.15, 0.2) is 30.3 Å². The molecule has 0 fully saturated rings. The maximum absolute atomic E-state index is 11.9. The third-order valence-electron chi connectivity index (χ3n) is 3.17. The average Bonchev–Trinajstić information content (AvgIpc) is 2.77. The van der Waals surface area contributed by atoms with Crippen molar-refractivity contribution in [3.8, 4) is 0 Å². The molecule has 0 aliphatic rings. The molecule has 112 valence electrons. The summed E-state index contributed by atoms with van der Waals surface area (Å²) in [5.41, 5.74) is 1.82. The molecule has 0 aliphatic heterocycles. The van der Waals surface area contributed by atoms with E-state index in [0.717, 1.165) is 16.1 Å². The molecule has 1 amide bonds. The number of H-pyrrole nitrogens is 1. The fourth-order valence-electron chi connectivity index (χ4n) is 2.00. The zero-order valence-corrected chi connectivity index (χ0v) is 13.4. The summed E-state index contributed by atoms with van der Waals surface area (Å²) in [6, 6.07) is 9.44. The number of aryl methyl sites for hydroxylation is 1. The number of aliphatic hydroxyl groups is 1. The van der Waals surface area contributed by atoms with Gasteiger partial charge in [0.2, 0.25) is 5.91 Å². The minimum atomic E-state index is -0.553. The molecule has 2 rings (SSSR count). The lowest BCUT2D eigenvalue weighted by atomic mass is 10.1. The average molecular weight is 322 g/mol. The van der Waals surface area contributed by atoms with E-state index in [1.807, 2.05) is 37.3 Å². The third kappa shape index (κ3) is 4.77. The molecule has 1 aromatic carbocycles. The number of aliphatic hydroxyl groups excluding tert-OH is 1. The van der Waals surface area contributed by atoms with Crippen molar-refractivity contribution in [3.63, 3.8) is 0 Å². The van der Waals surface area contributed by atoms with Gasteiger partial charge in [-0.2, -0.15) is 0 Å². The molecule has 0 bridgehead atoms. The SMILES string of the molecule is Cc1[nH]c(=S)sc1CC(=O)NCC[C@@H](O)c1ccccc1. The molecule has 0 saturated heterocycles. The van der Waals surface area contributed by atoms with Crippen molar-refractivity contribution >= 4 is 29.5 Å². The van der Waals surface area contributed by atoms with E-state index in [-0.39, 0.29) is 5.91 Å². The molecule has 1 atom stereocenters. The number of hydrogen-bond donors (Lipinski definition) is 3. The van der Waals surface area contributed by atoms with Crippen LogP contribution in [0.4, 0.5) is 0 Å². The summed E-state index contributed by atoms with van der Waals surface area (Å²) in [6.07, 6.45) is 0.269. The van der Waals surface area contributed by atoms with Crippen molar-refractivity contribution < 1.29 is 9.90 Å². The van der Waals surface area contributed by atoms with Gasteiger partial charge in [0.25, 0.3) is 0 Å². The molecule has 1 aromatic heterocycles. The molecule has 0 spiro atoms. The first-order valence-corrected chi connectivity index (χ1v) is 7.97. The van der Waals surface area contributed by atoms with Crippen molar-refractivity contribution in [1.29, 1.82) is 0 Å². The van der Waals surface area contributed by atoms with E-state index < -0.39 is 6.10 Å². The van der Waals surface area contributed by atoms with E-state index >= 15 is 0 Å². The summed E-state index contributed by atoms with van der Waals surface area (Å²) in [5, 5.41) is 12.8. The van der Waals surface area contributed by atoms with E-state index in [2.05, 4.69) is 10.3 Å². The van der Waals surface area contributed by atoms with Crippen LogP contribution >= 0.6 is 23.6 Å². The van der Waals surface area contributed by atoms with E-state index in [4.69, 9.17) is 12.2 Å². The molecule has 0 aliphatic carbocycles. The summed E-state index contributed by atoms with van der Waals surface area (Å²) in [5.74, 6) is -0.0522.